The molecule has 0 radical (unpaired) electrons. The molecule has 0 aliphatic heterocycles. The van der Waals surface area contributed by atoms with Gasteiger partial charge in [0.05, 0.1) is 6.42 Å². The van der Waals surface area contributed by atoms with Crippen molar-refractivity contribution in [2.45, 2.75) is 40.0 Å². The topological polar surface area (TPSA) is 42.9 Å². The van der Waals surface area contributed by atoms with E-state index in [0.717, 1.165) is 23.7 Å². The summed E-state index contributed by atoms with van der Waals surface area (Å²) in [6, 6.07) is 0. The summed E-state index contributed by atoms with van der Waals surface area (Å²) in [4.78, 5) is 15.7. The number of ketones is 1. The van der Waals surface area contributed by atoms with Crippen LogP contribution < -0.4 is 0 Å². The molecular formula is C10H16N2OS. The Hall–Kier alpha value is -0.770. The summed E-state index contributed by atoms with van der Waals surface area (Å²) in [7, 11) is 0. The van der Waals surface area contributed by atoms with Crippen LogP contribution in [0.1, 0.15) is 38.0 Å². The van der Waals surface area contributed by atoms with Crippen molar-refractivity contribution in [3.8, 4) is 0 Å². The molecule has 1 aromatic heterocycles. The molecule has 0 atom stereocenters. The average molecular weight is 212 g/mol. The lowest BCUT2D eigenvalue weighted by atomic mass is 10.1. The van der Waals surface area contributed by atoms with Crippen molar-refractivity contribution < 1.29 is 4.79 Å². The number of carbonyl (C=O) groups excluding carboxylic acids is 1. The number of rotatable bonds is 5. The number of aryl methyl sites for hydroxylation is 1. The maximum absolute atomic E-state index is 11.4. The molecule has 0 amide bonds. The SMILES string of the molecule is CCCc1nsc(CC(=O)C(C)C)n1. The molecule has 0 N–H and O–H groups in total. The summed E-state index contributed by atoms with van der Waals surface area (Å²) in [5.41, 5.74) is 0. The average Bonchev–Trinajstić information content (AvgIpc) is 2.53. The van der Waals surface area contributed by atoms with Gasteiger partial charge in [0.25, 0.3) is 0 Å². The van der Waals surface area contributed by atoms with Crippen LogP contribution >= 0.6 is 11.5 Å². The molecule has 1 aromatic rings. The first-order chi connectivity index (χ1) is 6.63. The highest BCUT2D eigenvalue weighted by Gasteiger charge is 2.11. The van der Waals surface area contributed by atoms with Gasteiger partial charge >= 0.3 is 0 Å². The van der Waals surface area contributed by atoms with Crippen LogP contribution in [0.15, 0.2) is 0 Å². The van der Waals surface area contributed by atoms with E-state index < -0.39 is 0 Å². The van der Waals surface area contributed by atoms with Gasteiger partial charge < -0.3 is 0 Å². The van der Waals surface area contributed by atoms with Gasteiger partial charge in [-0.3, -0.25) is 4.79 Å². The molecule has 0 aromatic carbocycles. The predicted octanol–water partition coefficient (Wildman–Crippen LogP) is 2.26. The predicted molar refractivity (Wildman–Crippen MR) is 57.5 cm³/mol. The molecule has 0 aliphatic rings. The Balaban J connectivity index is 2.55. The molecule has 78 valence electrons. The van der Waals surface area contributed by atoms with Crippen molar-refractivity contribution in [2.75, 3.05) is 0 Å². The number of hydrogen-bond acceptors (Lipinski definition) is 4. The van der Waals surface area contributed by atoms with Crippen LogP contribution in [-0.4, -0.2) is 15.1 Å². The maximum atomic E-state index is 11.4. The van der Waals surface area contributed by atoms with E-state index in [1.807, 2.05) is 13.8 Å². The number of carbonyl (C=O) groups is 1. The van der Waals surface area contributed by atoms with E-state index in [0.29, 0.717) is 6.42 Å². The second kappa shape index (κ2) is 5.20. The Bertz CT molecular complexity index is 307. The Morgan fingerprint density at radius 1 is 1.50 bits per heavy atom. The third-order valence-electron chi connectivity index (χ3n) is 1.95. The lowest BCUT2D eigenvalue weighted by Gasteiger charge is -1.99. The third kappa shape index (κ3) is 3.18. The number of aromatic nitrogens is 2. The first-order valence-electron chi connectivity index (χ1n) is 4.97. The van der Waals surface area contributed by atoms with Gasteiger partial charge in [0.1, 0.15) is 16.6 Å². The van der Waals surface area contributed by atoms with Crippen molar-refractivity contribution in [3.63, 3.8) is 0 Å². The quantitative estimate of drug-likeness (QED) is 0.752. The number of Topliss-reactive ketones (excluding diaryl/α,β-unsaturated/α-hetero) is 1. The van der Waals surface area contributed by atoms with Crippen LogP contribution in [0.5, 0.6) is 0 Å². The molecule has 1 heterocycles. The highest BCUT2D eigenvalue weighted by Crippen LogP contribution is 2.09. The van der Waals surface area contributed by atoms with E-state index in [-0.39, 0.29) is 11.7 Å². The van der Waals surface area contributed by atoms with Crippen LogP contribution in [0.4, 0.5) is 0 Å². The molecule has 4 heteroatoms. The minimum Gasteiger partial charge on any atom is -0.299 e. The number of nitrogens with zero attached hydrogens (tertiary/aromatic N) is 2. The molecule has 0 fully saturated rings. The minimum absolute atomic E-state index is 0.0912. The van der Waals surface area contributed by atoms with Gasteiger partial charge in [0.15, 0.2) is 0 Å². The summed E-state index contributed by atoms with van der Waals surface area (Å²) in [5, 5.41) is 0.854. The number of hydrogen-bond donors (Lipinski definition) is 0. The second-order valence-corrected chi connectivity index (χ2v) is 4.49. The molecule has 3 nitrogen and oxygen atoms in total. The first-order valence-corrected chi connectivity index (χ1v) is 5.75. The van der Waals surface area contributed by atoms with E-state index in [2.05, 4.69) is 16.3 Å². The van der Waals surface area contributed by atoms with Crippen LogP contribution in [0.25, 0.3) is 0 Å². The fourth-order valence-corrected chi connectivity index (χ4v) is 1.74. The molecule has 14 heavy (non-hydrogen) atoms. The van der Waals surface area contributed by atoms with Crippen molar-refractivity contribution in [2.24, 2.45) is 5.92 Å². The molecule has 0 bridgehead atoms. The normalized spacial score (nSPS) is 10.9. The molecule has 0 saturated carbocycles. The zero-order valence-corrected chi connectivity index (χ0v) is 9.73. The largest absolute Gasteiger partial charge is 0.299 e. The third-order valence-corrected chi connectivity index (χ3v) is 2.70. The van der Waals surface area contributed by atoms with E-state index in [9.17, 15) is 4.79 Å². The van der Waals surface area contributed by atoms with Crippen LogP contribution in [-0.2, 0) is 17.6 Å². The lowest BCUT2D eigenvalue weighted by molar-refractivity contribution is -0.121. The smallest absolute Gasteiger partial charge is 0.142 e. The molecule has 0 saturated heterocycles. The Labute approximate surface area is 88.7 Å². The monoisotopic (exact) mass is 212 g/mol. The van der Waals surface area contributed by atoms with Gasteiger partial charge in [0, 0.05) is 12.3 Å². The van der Waals surface area contributed by atoms with Crippen molar-refractivity contribution in [1.82, 2.24) is 9.36 Å². The van der Waals surface area contributed by atoms with Crippen LogP contribution in [0.2, 0.25) is 0 Å². The van der Waals surface area contributed by atoms with Gasteiger partial charge in [-0.2, -0.15) is 4.37 Å². The highest BCUT2D eigenvalue weighted by molar-refractivity contribution is 7.05. The van der Waals surface area contributed by atoms with E-state index in [1.54, 1.807) is 0 Å². The van der Waals surface area contributed by atoms with Crippen LogP contribution in [0.3, 0.4) is 0 Å². The second-order valence-electron chi connectivity index (χ2n) is 3.65. The molecule has 1 rings (SSSR count). The van der Waals surface area contributed by atoms with Crippen molar-refractivity contribution >= 4 is 17.3 Å². The van der Waals surface area contributed by atoms with Crippen LogP contribution in [0, 0.1) is 5.92 Å². The van der Waals surface area contributed by atoms with Gasteiger partial charge in [0.2, 0.25) is 0 Å². The van der Waals surface area contributed by atoms with E-state index in [4.69, 9.17) is 0 Å². The summed E-state index contributed by atoms with van der Waals surface area (Å²) < 4.78 is 4.20. The summed E-state index contributed by atoms with van der Waals surface area (Å²) in [6.07, 6.45) is 2.40. The summed E-state index contributed by atoms with van der Waals surface area (Å²) >= 11 is 1.35. The Morgan fingerprint density at radius 3 is 2.79 bits per heavy atom. The first kappa shape index (κ1) is 11.3. The molecular weight excluding hydrogens is 196 g/mol. The van der Waals surface area contributed by atoms with Crippen molar-refractivity contribution in [3.05, 3.63) is 10.8 Å². The molecule has 0 spiro atoms. The van der Waals surface area contributed by atoms with Gasteiger partial charge in [-0.05, 0) is 18.0 Å². The Morgan fingerprint density at radius 2 is 2.21 bits per heavy atom. The van der Waals surface area contributed by atoms with Gasteiger partial charge in [-0.25, -0.2) is 4.98 Å². The Kier molecular flexibility index (Phi) is 4.20. The lowest BCUT2D eigenvalue weighted by Crippen LogP contribution is -2.09. The highest BCUT2D eigenvalue weighted by atomic mass is 32.1. The molecule has 0 aliphatic carbocycles. The van der Waals surface area contributed by atoms with E-state index >= 15 is 0 Å². The summed E-state index contributed by atoms with van der Waals surface area (Å²) in [6.45, 7) is 5.92. The minimum atomic E-state index is 0.0912. The fourth-order valence-electron chi connectivity index (χ4n) is 1.04. The summed E-state index contributed by atoms with van der Waals surface area (Å²) in [5.74, 6) is 1.21. The zero-order valence-electron chi connectivity index (χ0n) is 8.91. The van der Waals surface area contributed by atoms with Gasteiger partial charge in [-0.15, -0.1) is 0 Å². The zero-order chi connectivity index (χ0) is 10.6. The fraction of sp³-hybridized carbons (Fsp3) is 0.700. The maximum Gasteiger partial charge on any atom is 0.142 e. The van der Waals surface area contributed by atoms with Gasteiger partial charge in [-0.1, -0.05) is 20.8 Å². The van der Waals surface area contributed by atoms with E-state index in [1.165, 1.54) is 11.5 Å². The molecule has 0 unspecified atom stereocenters. The van der Waals surface area contributed by atoms with Crippen molar-refractivity contribution in [1.29, 1.82) is 0 Å². The standard InChI is InChI=1S/C10H16N2OS/c1-4-5-9-11-10(14-12-9)6-8(13)7(2)3/h7H,4-6H2,1-3H3.